The van der Waals surface area contributed by atoms with Crippen LogP contribution in [0.2, 0.25) is 0 Å². The van der Waals surface area contributed by atoms with Gasteiger partial charge < -0.3 is 24.7 Å². The molecule has 2 aromatic heterocycles. The summed E-state index contributed by atoms with van der Waals surface area (Å²) in [7, 11) is 1.56. The maximum absolute atomic E-state index is 13.0. The smallest absolute Gasteiger partial charge is 0.417 e. The van der Waals surface area contributed by atoms with Crippen LogP contribution in [0.15, 0.2) is 51.8 Å². The number of rotatable bonds is 6. The number of fused-ring (bicyclic) bond motifs is 1. The third kappa shape index (κ3) is 4.29. The standard InChI is InChI=1S/C24H24N6O4/c1-14-13-25-23(29-21(14)26-16-6-8-20-18(12-16)28-24(32)34-20)27-15-5-7-19(33-2)17(11-15)22(31)30-9-3-4-10-30/h5-8,11-13H,3-4,9-10H2,1-2H3,(H,28,32)(H2,25,26,27,29). The Hall–Kier alpha value is -4.34. The van der Waals surface area contributed by atoms with Crippen molar-refractivity contribution in [3.8, 4) is 5.75 Å². The van der Waals surface area contributed by atoms with Crippen LogP contribution < -0.4 is 21.1 Å². The summed E-state index contributed by atoms with van der Waals surface area (Å²) in [5.41, 5.74) is 3.83. The molecule has 1 aliphatic heterocycles. The molecule has 10 heteroatoms. The molecule has 1 aliphatic rings. The number of carbonyl (C=O) groups is 1. The predicted octanol–water partition coefficient (Wildman–Crippen LogP) is 3.95. The molecule has 0 atom stereocenters. The van der Waals surface area contributed by atoms with E-state index in [1.807, 2.05) is 17.9 Å². The van der Waals surface area contributed by atoms with Crippen LogP contribution in [-0.2, 0) is 0 Å². The van der Waals surface area contributed by atoms with Gasteiger partial charge in [-0.25, -0.2) is 9.78 Å². The molecular weight excluding hydrogens is 436 g/mol. The van der Waals surface area contributed by atoms with Crippen LogP contribution in [0, 0.1) is 6.92 Å². The lowest BCUT2D eigenvalue weighted by Gasteiger charge is -2.18. The number of aryl methyl sites for hydroxylation is 1. The molecule has 1 fully saturated rings. The monoisotopic (exact) mass is 460 g/mol. The Morgan fingerprint density at radius 2 is 1.88 bits per heavy atom. The first-order valence-electron chi connectivity index (χ1n) is 11.0. The molecule has 0 aliphatic carbocycles. The van der Waals surface area contributed by atoms with Gasteiger partial charge in [0.1, 0.15) is 11.6 Å². The number of methoxy groups -OCH3 is 1. The van der Waals surface area contributed by atoms with Crippen molar-refractivity contribution >= 4 is 40.1 Å². The highest BCUT2D eigenvalue weighted by atomic mass is 16.5. The topological polar surface area (TPSA) is 125 Å². The summed E-state index contributed by atoms with van der Waals surface area (Å²) in [5.74, 6) is 0.958. The van der Waals surface area contributed by atoms with E-state index in [9.17, 15) is 9.59 Å². The predicted molar refractivity (Wildman–Crippen MR) is 128 cm³/mol. The highest BCUT2D eigenvalue weighted by molar-refractivity contribution is 5.98. The lowest BCUT2D eigenvalue weighted by atomic mass is 10.1. The third-order valence-electron chi connectivity index (χ3n) is 5.73. The lowest BCUT2D eigenvalue weighted by molar-refractivity contribution is 0.0789. The number of carbonyl (C=O) groups excluding carboxylic acids is 1. The molecule has 3 heterocycles. The second kappa shape index (κ2) is 8.89. The van der Waals surface area contributed by atoms with Gasteiger partial charge in [0.15, 0.2) is 5.58 Å². The highest BCUT2D eigenvalue weighted by Gasteiger charge is 2.23. The van der Waals surface area contributed by atoms with Crippen molar-refractivity contribution in [1.29, 1.82) is 0 Å². The molecule has 4 aromatic rings. The zero-order chi connectivity index (χ0) is 23.7. The van der Waals surface area contributed by atoms with Crippen LogP contribution in [0.3, 0.4) is 0 Å². The van der Waals surface area contributed by atoms with Gasteiger partial charge in [0.05, 0.1) is 18.2 Å². The number of oxazole rings is 1. The summed E-state index contributed by atoms with van der Waals surface area (Å²) in [6, 6.07) is 10.6. The van der Waals surface area contributed by atoms with E-state index < -0.39 is 5.76 Å². The van der Waals surface area contributed by atoms with Gasteiger partial charge in [0, 0.05) is 36.2 Å². The second-order valence-electron chi connectivity index (χ2n) is 8.12. The zero-order valence-corrected chi connectivity index (χ0v) is 18.8. The molecule has 0 bridgehead atoms. The number of aromatic nitrogens is 3. The molecule has 3 N–H and O–H groups in total. The Morgan fingerprint density at radius 1 is 1.12 bits per heavy atom. The van der Waals surface area contributed by atoms with Gasteiger partial charge in [-0.05, 0) is 56.2 Å². The normalized spacial score (nSPS) is 13.3. The maximum Gasteiger partial charge on any atom is 0.417 e. The second-order valence-corrected chi connectivity index (χ2v) is 8.12. The van der Waals surface area contributed by atoms with E-state index in [1.165, 1.54) is 0 Å². The van der Waals surface area contributed by atoms with Crippen LogP contribution in [0.4, 0.5) is 23.1 Å². The summed E-state index contributed by atoms with van der Waals surface area (Å²) in [6.45, 7) is 3.41. The van der Waals surface area contributed by atoms with Crippen molar-refractivity contribution in [1.82, 2.24) is 19.9 Å². The summed E-state index contributed by atoms with van der Waals surface area (Å²) in [4.78, 5) is 37.8. The fraction of sp³-hybridized carbons (Fsp3) is 0.250. The van der Waals surface area contributed by atoms with E-state index in [-0.39, 0.29) is 5.91 Å². The van der Waals surface area contributed by atoms with Crippen molar-refractivity contribution in [3.05, 3.63) is 64.3 Å². The van der Waals surface area contributed by atoms with Crippen LogP contribution in [0.5, 0.6) is 5.75 Å². The lowest BCUT2D eigenvalue weighted by Crippen LogP contribution is -2.28. The molecule has 1 amide bonds. The van der Waals surface area contributed by atoms with Gasteiger partial charge in [0.2, 0.25) is 5.95 Å². The van der Waals surface area contributed by atoms with Gasteiger partial charge in [-0.1, -0.05) is 0 Å². The minimum Gasteiger partial charge on any atom is -0.496 e. The molecule has 0 radical (unpaired) electrons. The van der Waals surface area contributed by atoms with E-state index in [0.717, 1.165) is 37.2 Å². The maximum atomic E-state index is 13.0. The molecule has 10 nitrogen and oxygen atoms in total. The van der Waals surface area contributed by atoms with E-state index in [2.05, 4.69) is 25.6 Å². The molecular formula is C24H24N6O4. The number of amides is 1. The van der Waals surface area contributed by atoms with E-state index in [1.54, 1.807) is 43.6 Å². The van der Waals surface area contributed by atoms with Gasteiger partial charge >= 0.3 is 5.76 Å². The first-order valence-corrected chi connectivity index (χ1v) is 11.0. The fourth-order valence-electron chi connectivity index (χ4n) is 3.97. The van der Waals surface area contributed by atoms with Crippen LogP contribution in [0.25, 0.3) is 11.1 Å². The van der Waals surface area contributed by atoms with E-state index >= 15 is 0 Å². The van der Waals surface area contributed by atoms with Crippen molar-refractivity contribution in [2.45, 2.75) is 19.8 Å². The molecule has 34 heavy (non-hydrogen) atoms. The average molecular weight is 460 g/mol. The Bertz CT molecular complexity index is 1420. The molecule has 0 saturated carbocycles. The molecule has 1 saturated heterocycles. The minimum atomic E-state index is -0.501. The summed E-state index contributed by atoms with van der Waals surface area (Å²) in [5, 5.41) is 6.43. The van der Waals surface area contributed by atoms with Crippen molar-refractivity contribution in [2.75, 3.05) is 30.8 Å². The third-order valence-corrected chi connectivity index (χ3v) is 5.73. The number of benzene rings is 2. The van der Waals surface area contributed by atoms with Crippen molar-refractivity contribution in [2.24, 2.45) is 0 Å². The first kappa shape index (κ1) is 21.5. The molecule has 174 valence electrons. The molecule has 5 rings (SSSR count). The number of H-pyrrole nitrogens is 1. The summed E-state index contributed by atoms with van der Waals surface area (Å²) >= 11 is 0. The fourth-order valence-corrected chi connectivity index (χ4v) is 3.97. The summed E-state index contributed by atoms with van der Waals surface area (Å²) < 4.78 is 10.5. The van der Waals surface area contributed by atoms with Gasteiger partial charge in [-0.2, -0.15) is 4.98 Å². The number of ether oxygens (including phenoxy) is 1. The van der Waals surface area contributed by atoms with E-state index in [0.29, 0.717) is 39.9 Å². The van der Waals surface area contributed by atoms with Gasteiger partial charge in [-0.15, -0.1) is 0 Å². The Labute approximate surface area is 195 Å². The molecule has 0 spiro atoms. The van der Waals surface area contributed by atoms with Crippen molar-refractivity contribution < 1.29 is 13.9 Å². The number of aromatic amines is 1. The SMILES string of the molecule is COc1ccc(Nc2ncc(C)c(Nc3ccc4oc(=O)[nH]c4c3)n2)cc1C(=O)N1CCCC1. The molecule has 2 aromatic carbocycles. The van der Waals surface area contributed by atoms with E-state index in [4.69, 9.17) is 9.15 Å². The number of anilines is 4. The van der Waals surface area contributed by atoms with Crippen LogP contribution >= 0.6 is 0 Å². The average Bonchev–Trinajstić information content (AvgIpc) is 3.49. The number of hydrogen-bond donors (Lipinski definition) is 3. The Morgan fingerprint density at radius 3 is 2.68 bits per heavy atom. The molecule has 0 unspecified atom stereocenters. The summed E-state index contributed by atoms with van der Waals surface area (Å²) in [6.07, 6.45) is 3.74. The van der Waals surface area contributed by atoms with Crippen LogP contribution in [0.1, 0.15) is 28.8 Å². The number of likely N-dealkylation sites (tertiary alicyclic amines) is 1. The van der Waals surface area contributed by atoms with Gasteiger partial charge in [-0.3, -0.25) is 9.78 Å². The van der Waals surface area contributed by atoms with Crippen molar-refractivity contribution in [3.63, 3.8) is 0 Å². The zero-order valence-electron chi connectivity index (χ0n) is 18.8. The quantitative estimate of drug-likeness (QED) is 0.395. The number of nitrogens with one attached hydrogen (secondary N) is 3. The number of nitrogens with zero attached hydrogens (tertiary/aromatic N) is 3. The van der Waals surface area contributed by atoms with Crippen LogP contribution in [-0.4, -0.2) is 46.0 Å². The minimum absolute atomic E-state index is 0.0436. The first-order chi connectivity index (χ1) is 16.5. The Balaban J connectivity index is 1.39. The number of hydrogen-bond acceptors (Lipinski definition) is 8. The Kier molecular flexibility index (Phi) is 5.62. The highest BCUT2D eigenvalue weighted by Crippen LogP contribution is 2.28. The van der Waals surface area contributed by atoms with Gasteiger partial charge in [0.25, 0.3) is 5.91 Å². The largest absolute Gasteiger partial charge is 0.496 e.